The number of hydrogen-bond donors (Lipinski definition) is 1. The molecule has 2 heterocycles. The second-order valence-electron chi connectivity index (χ2n) is 4.95. The van der Waals surface area contributed by atoms with Gasteiger partial charge in [0.2, 0.25) is 5.95 Å². The summed E-state index contributed by atoms with van der Waals surface area (Å²) < 4.78 is 7.69. The van der Waals surface area contributed by atoms with E-state index in [0.717, 1.165) is 43.4 Å². The van der Waals surface area contributed by atoms with E-state index in [-0.39, 0.29) is 0 Å². The lowest BCUT2D eigenvalue weighted by Gasteiger charge is -2.25. The van der Waals surface area contributed by atoms with Gasteiger partial charge in [0.25, 0.3) is 0 Å². The second-order valence-corrected chi connectivity index (χ2v) is 4.95. The molecule has 1 N–H and O–H groups in total. The number of ether oxygens (including phenoxy) is 1. The number of anilines is 2. The number of nitrogens with zero attached hydrogens (tertiary/aromatic N) is 2. The van der Waals surface area contributed by atoms with Crippen LogP contribution < -0.4 is 5.32 Å². The van der Waals surface area contributed by atoms with Gasteiger partial charge in [-0.3, -0.25) is 0 Å². The largest absolute Gasteiger partial charge is 0.381 e. The van der Waals surface area contributed by atoms with Gasteiger partial charge in [-0.2, -0.15) is 0 Å². The monoisotopic (exact) mass is 257 g/mol. The number of aromatic nitrogens is 2. The highest BCUT2D eigenvalue weighted by Crippen LogP contribution is 2.26. The van der Waals surface area contributed by atoms with Gasteiger partial charge in [-0.1, -0.05) is 18.2 Å². The summed E-state index contributed by atoms with van der Waals surface area (Å²) >= 11 is 0. The SMILES string of the molecule is Cc1cn(C2CCOCC2)c(Nc2ccccc2)n1. The van der Waals surface area contributed by atoms with Crippen molar-refractivity contribution in [3.63, 3.8) is 0 Å². The van der Waals surface area contributed by atoms with Crippen LogP contribution in [0.4, 0.5) is 11.6 Å². The highest BCUT2D eigenvalue weighted by Gasteiger charge is 2.19. The van der Waals surface area contributed by atoms with E-state index in [0.29, 0.717) is 6.04 Å². The van der Waals surface area contributed by atoms with Crippen molar-refractivity contribution in [2.45, 2.75) is 25.8 Å². The van der Waals surface area contributed by atoms with Gasteiger partial charge in [-0.25, -0.2) is 4.98 Å². The maximum Gasteiger partial charge on any atom is 0.207 e. The van der Waals surface area contributed by atoms with E-state index in [2.05, 4.69) is 33.2 Å². The Morgan fingerprint density at radius 3 is 2.68 bits per heavy atom. The van der Waals surface area contributed by atoms with Crippen molar-refractivity contribution in [3.8, 4) is 0 Å². The van der Waals surface area contributed by atoms with Crippen LogP contribution in [-0.4, -0.2) is 22.8 Å². The average molecular weight is 257 g/mol. The molecular formula is C15H19N3O. The van der Waals surface area contributed by atoms with Gasteiger partial charge in [-0.05, 0) is 31.9 Å². The van der Waals surface area contributed by atoms with E-state index in [4.69, 9.17) is 4.74 Å². The van der Waals surface area contributed by atoms with Gasteiger partial charge in [0, 0.05) is 31.1 Å². The number of aryl methyl sites for hydroxylation is 1. The minimum Gasteiger partial charge on any atom is -0.381 e. The second kappa shape index (κ2) is 5.45. The van der Waals surface area contributed by atoms with Crippen molar-refractivity contribution in [3.05, 3.63) is 42.2 Å². The molecule has 0 saturated carbocycles. The summed E-state index contributed by atoms with van der Waals surface area (Å²) in [6.45, 7) is 3.71. The molecule has 4 heteroatoms. The predicted octanol–water partition coefficient (Wildman–Crippen LogP) is 3.29. The van der Waals surface area contributed by atoms with Crippen molar-refractivity contribution in [1.82, 2.24) is 9.55 Å². The first-order valence-corrected chi connectivity index (χ1v) is 6.78. The highest BCUT2D eigenvalue weighted by atomic mass is 16.5. The standard InChI is InChI=1S/C15H19N3O/c1-12-11-18(14-7-9-19-10-8-14)15(16-12)17-13-5-3-2-4-6-13/h2-6,11,14H,7-10H2,1H3,(H,16,17). The molecule has 1 aliphatic rings. The Hall–Kier alpha value is -1.81. The first-order valence-electron chi connectivity index (χ1n) is 6.78. The lowest BCUT2D eigenvalue weighted by molar-refractivity contribution is 0.0701. The first kappa shape index (κ1) is 12.2. The smallest absolute Gasteiger partial charge is 0.207 e. The summed E-state index contributed by atoms with van der Waals surface area (Å²) in [5.41, 5.74) is 2.12. The van der Waals surface area contributed by atoms with Crippen LogP contribution in [0.3, 0.4) is 0 Å². The molecular weight excluding hydrogens is 238 g/mol. The number of hydrogen-bond acceptors (Lipinski definition) is 3. The zero-order valence-electron chi connectivity index (χ0n) is 11.2. The van der Waals surface area contributed by atoms with Crippen LogP contribution in [0, 0.1) is 6.92 Å². The predicted molar refractivity (Wildman–Crippen MR) is 75.8 cm³/mol. The lowest BCUT2D eigenvalue weighted by atomic mass is 10.1. The number of imidazole rings is 1. The third-order valence-corrected chi connectivity index (χ3v) is 3.47. The zero-order chi connectivity index (χ0) is 13.1. The van der Waals surface area contributed by atoms with E-state index in [1.165, 1.54) is 0 Å². The highest BCUT2D eigenvalue weighted by molar-refractivity contribution is 5.53. The number of rotatable bonds is 3. The molecule has 100 valence electrons. The van der Waals surface area contributed by atoms with Crippen molar-refractivity contribution in [1.29, 1.82) is 0 Å². The molecule has 1 saturated heterocycles. The number of nitrogens with one attached hydrogen (secondary N) is 1. The maximum atomic E-state index is 5.43. The zero-order valence-corrected chi connectivity index (χ0v) is 11.2. The molecule has 19 heavy (non-hydrogen) atoms. The average Bonchev–Trinajstić information content (AvgIpc) is 2.82. The van der Waals surface area contributed by atoms with E-state index in [1.807, 2.05) is 25.1 Å². The normalized spacial score (nSPS) is 16.5. The fourth-order valence-electron chi connectivity index (χ4n) is 2.50. The van der Waals surface area contributed by atoms with E-state index >= 15 is 0 Å². The Morgan fingerprint density at radius 1 is 1.21 bits per heavy atom. The van der Waals surface area contributed by atoms with Gasteiger partial charge in [0.05, 0.1) is 5.69 Å². The summed E-state index contributed by atoms with van der Waals surface area (Å²) in [7, 11) is 0. The third-order valence-electron chi connectivity index (χ3n) is 3.47. The van der Waals surface area contributed by atoms with Crippen molar-refractivity contribution >= 4 is 11.6 Å². The maximum absolute atomic E-state index is 5.43. The molecule has 1 aliphatic heterocycles. The molecule has 0 spiro atoms. The van der Waals surface area contributed by atoms with Crippen LogP contribution in [0.5, 0.6) is 0 Å². The van der Waals surface area contributed by atoms with Crippen molar-refractivity contribution < 1.29 is 4.74 Å². The van der Waals surface area contributed by atoms with Crippen LogP contribution in [0.1, 0.15) is 24.6 Å². The molecule has 4 nitrogen and oxygen atoms in total. The Morgan fingerprint density at radius 2 is 1.95 bits per heavy atom. The van der Waals surface area contributed by atoms with Crippen LogP contribution >= 0.6 is 0 Å². The summed E-state index contributed by atoms with van der Waals surface area (Å²) in [6, 6.07) is 10.7. The molecule has 3 rings (SSSR count). The van der Waals surface area contributed by atoms with E-state index in [1.54, 1.807) is 0 Å². The molecule has 1 fully saturated rings. The first-order chi connectivity index (χ1) is 9.33. The van der Waals surface area contributed by atoms with Gasteiger partial charge in [-0.15, -0.1) is 0 Å². The van der Waals surface area contributed by atoms with Crippen LogP contribution in [0.25, 0.3) is 0 Å². The quantitative estimate of drug-likeness (QED) is 0.917. The Kier molecular flexibility index (Phi) is 3.51. The summed E-state index contributed by atoms with van der Waals surface area (Å²) in [5, 5.41) is 3.40. The van der Waals surface area contributed by atoms with Crippen LogP contribution in [0.2, 0.25) is 0 Å². The van der Waals surface area contributed by atoms with Crippen LogP contribution in [-0.2, 0) is 4.74 Å². The van der Waals surface area contributed by atoms with Crippen molar-refractivity contribution in [2.75, 3.05) is 18.5 Å². The minimum atomic E-state index is 0.487. The summed E-state index contributed by atoms with van der Waals surface area (Å²) in [6.07, 6.45) is 4.24. The van der Waals surface area contributed by atoms with Gasteiger partial charge >= 0.3 is 0 Å². The Balaban J connectivity index is 1.84. The minimum absolute atomic E-state index is 0.487. The molecule has 0 atom stereocenters. The molecule has 1 aromatic carbocycles. The third kappa shape index (κ3) is 2.79. The molecule has 2 aromatic rings. The Bertz CT molecular complexity index is 530. The Labute approximate surface area is 113 Å². The number of benzene rings is 1. The number of para-hydroxylation sites is 1. The van der Waals surface area contributed by atoms with E-state index in [9.17, 15) is 0 Å². The topological polar surface area (TPSA) is 39.1 Å². The summed E-state index contributed by atoms with van der Waals surface area (Å²) in [5.74, 6) is 0.926. The molecule has 0 radical (unpaired) electrons. The van der Waals surface area contributed by atoms with Gasteiger partial charge in [0.1, 0.15) is 0 Å². The molecule has 0 unspecified atom stereocenters. The lowest BCUT2D eigenvalue weighted by Crippen LogP contribution is -2.20. The van der Waals surface area contributed by atoms with Gasteiger partial charge < -0.3 is 14.6 Å². The molecule has 0 aliphatic carbocycles. The summed E-state index contributed by atoms with van der Waals surface area (Å²) in [4.78, 5) is 4.59. The fourth-order valence-corrected chi connectivity index (χ4v) is 2.50. The molecule has 0 amide bonds. The van der Waals surface area contributed by atoms with E-state index < -0.39 is 0 Å². The van der Waals surface area contributed by atoms with Gasteiger partial charge in [0.15, 0.2) is 0 Å². The molecule has 0 bridgehead atoms. The van der Waals surface area contributed by atoms with Crippen molar-refractivity contribution in [2.24, 2.45) is 0 Å². The van der Waals surface area contributed by atoms with Crippen LogP contribution in [0.15, 0.2) is 36.5 Å². The fraction of sp³-hybridized carbons (Fsp3) is 0.400. The molecule has 1 aromatic heterocycles.